The molecule has 6 heteroatoms. The van der Waals surface area contributed by atoms with Crippen molar-refractivity contribution in [2.45, 2.75) is 36.9 Å². The van der Waals surface area contributed by atoms with E-state index in [0.29, 0.717) is 0 Å². The van der Waals surface area contributed by atoms with Crippen LogP contribution in [0.2, 0.25) is 5.02 Å². The Bertz CT molecular complexity index is 541. The van der Waals surface area contributed by atoms with Gasteiger partial charge in [-0.3, -0.25) is 5.10 Å². The Kier molecular flexibility index (Phi) is 5.24. The van der Waals surface area contributed by atoms with Crippen LogP contribution in [0.5, 0.6) is 0 Å². The fourth-order valence-corrected chi connectivity index (χ4v) is 2.72. The number of hydrogen-bond acceptors (Lipinski definition) is 4. The third kappa shape index (κ3) is 4.23. The summed E-state index contributed by atoms with van der Waals surface area (Å²) in [4.78, 5) is 5.44. The molecule has 2 aromatic rings. The second-order valence-corrected chi connectivity index (χ2v) is 5.68. The number of aromatic nitrogens is 3. The van der Waals surface area contributed by atoms with E-state index in [1.807, 2.05) is 25.1 Å². The molecule has 0 radical (unpaired) electrons. The first-order chi connectivity index (χ1) is 9.19. The fraction of sp³-hybridized carbons (Fsp3) is 0.385. The zero-order valence-corrected chi connectivity index (χ0v) is 12.6. The predicted molar refractivity (Wildman–Crippen MR) is 78.7 cm³/mol. The van der Waals surface area contributed by atoms with Crippen molar-refractivity contribution in [1.82, 2.24) is 20.5 Å². The molecular weight excluding hydrogens is 280 g/mol. The Morgan fingerprint density at radius 3 is 2.95 bits per heavy atom. The van der Waals surface area contributed by atoms with Crippen LogP contribution in [0, 0.1) is 6.92 Å². The zero-order chi connectivity index (χ0) is 13.7. The molecule has 0 aliphatic heterocycles. The smallest absolute Gasteiger partial charge is 0.213 e. The molecule has 2 N–H and O–H groups in total. The largest absolute Gasteiger partial charge is 0.313 e. The molecule has 0 bridgehead atoms. The molecule has 0 atom stereocenters. The molecule has 1 aromatic carbocycles. The first-order valence-electron chi connectivity index (χ1n) is 6.25. The molecule has 4 nitrogen and oxygen atoms in total. The number of hydrogen-bond donors (Lipinski definition) is 2. The van der Waals surface area contributed by atoms with Gasteiger partial charge in [0.05, 0.1) is 0 Å². The molecule has 2 rings (SSSR count). The van der Waals surface area contributed by atoms with E-state index in [2.05, 4.69) is 27.4 Å². The highest BCUT2D eigenvalue weighted by Crippen LogP contribution is 2.29. The quantitative estimate of drug-likeness (QED) is 0.802. The summed E-state index contributed by atoms with van der Waals surface area (Å²) in [7, 11) is 0. The van der Waals surface area contributed by atoms with Crippen molar-refractivity contribution in [2.24, 2.45) is 0 Å². The minimum Gasteiger partial charge on any atom is -0.313 e. The van der Waals surface area contributed by atoms with Gasteiger partial charge in [-0.25, -0.2) is 4.98 Å². The molecule has 1 heterocycles. The van der Waals surface area contributed by atoms with Gasteiger partial charge in [0.2, 0.25) is 5.16 Å². The van der Waals surface area contributed by atoms with Gasteiger partial charge in [-0.05, 0) is 55.4 Å². The third-order valence-corrected chi connectivity index (χ3v) is 3.76. The van der Waals surface area contributed by atoms with Gasteiger partial charge >= 0.3 is 0 Å². The zero-order valence-electron chi connectivity index (χ0n) is 11.0. The third-order valence-electron chi connectivity index (χ3n) is 2.54. The van der Waals surface area contributed by atoms with Crippen LogP contribution in [0.3, 0.4) is 0 Å². The van der Waals surface area contributed by atoms with Gasteiger partial charge in [0, 0.05) is 16.5 Å². The molecule has 0 aliphatic carbocycles. The average Bonchev–Trinajstić information content (AvgIpc) is 2.78. The number of halogens is 1. The first-order valence-corrected chi connectivity index (χ1v) is 7.44. The van der Waals surface area contributed by atoms with Gasteiger partial charge in [0.1, 0.15) is 5.82 Å². The van der Waals surface area contributed by atoms with Crippen molar-refractivity contribution >= 4 is 23.4 Å². The second kappa shape index (κ2) is 6.93. The van der Waals surface area contributed by atoms with Crippen molar-refractivity contribution in [2.75, 3.05) is 6.54 Å². The highest BCUT2D eigenvalue weighted by Gasteiger charge is 2.08. The summed E-state index contributed by atoms with van der Waals surface area (Å²) < 4.78 is 0. The molecule has 0 amide bonds. The summed E-state index contributed by atoms with van der Waals surface area (Å²) in [6.45, 7) is 5.84. The molecule has 102 valence electrons. The molecular formula is C13H17ClN4S. The topological polar surface area (TPSA) is 53.6 Å². The Labute approximate surface area is 122 Å². The van der Waals surface area contributed by atoms with Gasteiger partial charge in [0.15, 0.2) is 0 Å². The van der Waals surface area contributed by atoms with E-state index in [-0.39, 0.29) is 0 Å². The SMILES string of the molecule is CCCNCc1cc(Cl)ccc1Sc1n[nH]c(C)n1. The molecule has 0 saturated carbocycles. The van der Waals surface area contributed by atoms with Crippen LogP contribution in [-0.4, -0.2) is 21.7 Å². The lowest BCUT2D eigenvalue weighted by molar-refractivity contribution is 0.669. The van der Waals surface area contributed by atoms with E-state index in [1.165, 1.54) is 5.56 Å². The van der Waals surface area contributed by atoms with E-state index in [4.69, 9.17) is 11.6 Å². The Morgan fingerprint density at radius 1 is 1.42 bits per heavy atom. The number of nitrogens with zero attached hydrogens (tertiary/aromatic N) is 2. The van der Waals surface area contributed by atoms with Crippen LogP contribution in [0.15, 0.2) is 28.3 Å². The van der Waals surface area contributed by atoms with Gasteiger partial charge in [-0.15, -0.1) is 5.10 Å². The van der Waals surface area contributed by atoms with Gasteiger partial charge in [-0.2, -0.15) is 0 Å². The van der Waals surface area contributed by atoms with Gasteiger partial charge in [-0.1, -0.05) is 18.5 Å². The maximum absolute atomic E-state index is 6.06. The Hall–Kier alpha value is -1.04. The number of benzene rings is 1. The summed E-state index contributed by atoms with van der Waals surface area (Å²) in [6.07, 6.45) is 1.11. The Balaban J connectivity index is 2.14. The lowest BCUT2D eigenvalue weighted by atomic mass is 10.2. The minimum absolute atomic E-state index is 0.733. The molecule has 1 aromatic heterocycles. The normalized spacial score (nSPS) is 10.9. The lowest BCUT2D eigenvalue weighted by Crippen LogP contribution is -2.14. The van der Waals surface area contributed by atoms with Crippen molar-refractivity contribution in [3.05, 3.63) is 34.6 Å². The number of nitrogens with one attached hydrogen (secondary N) is 2. The monoisotopic (exact) mass is 296 g/mol. The van der Waals surface area contributed by atoms with Crippen LogP contribution in [0.4, 0.5) is 0 Å². The van der Waals surface area contributed by atoms with Crippen LogP contribution in [-0.2, 0) is 6.54 Å². The predicted octanol–water partition coefficient (Wildman–Crippen LogP) is 3.42. The van der Waals surface area contributed by atoms with Gasteiger partial charge < -0.3 is 5.32 Å². The number of rotatable bonds is 6. The van der Waals surface area contributed by atoms with E-state index >= 15 is 0 Å². The van der Waals surface area contributed by atoms with E-state index in [0.717, 1.165) is 40.4 Å². The average molecular weight is 297 g/mol. The van der Waals surface area contributed by atoms with Crippen LogP contribution in [0.25, 0.3) is 0 Å². The molecule has 19 heavy (non-hydrogen) atoms. The molecule has 0 unspecified atom stereocenters. The van der Waals surface area contributed by atoms with Crippen LogP contribution >= 0.6 is 23.4 Å². The molecule has 0 saturated heterocycles. The number of aromatic amines is 1. The number of aryl methyl sites for hydroxylation is 1. The maximum Gasteiger partial charge on any atom is 0.213 e. The summed E-state index contributed by atoms with van der Waals surface area (Å²) in [5.41, 5.74) is 1.17. The Morgan fingerprint density at radius 2 is 2.26 bits per heavy atom. The van der Waals surface area contributed by atoms with Crippen molar-refractivity contribution in [3.63, 3.8) is 0 Å². The summed E-state index contributed by atoms with van der Waals surface area (Å²) in [6, 6.07) is 5.90. The summed E-state index contributed by atoms with van der Waals surface area (Å²) in [5.74, 6) is 0.821. The van der Waals surface area contributed by atoms with Crippen molar-refractivity contribution in [1.29, 1.82) is 0 Å². The van der Waals surface area contributed by atoms with Crippen molar-refractivity contribution < 1.29 is 0 Å². The molecule has 0 fully saturated rings. The van der Waals surface area contributed by atoms with Crippen LogP contribution < -0.4 is 5.32 Å². The highest BCUT2D eigenvalue weighted by atomic mass is 35.5. The summed E-state index contributed by atoms with van der Waals surface area (Å²) >= 11 is 7.61. The van der Waals surface area contributed by atoms with Crippen LogP contribution in [0.1, 0.15) is 24.7 Å². The fourth-order valence-electron chi connectivity index (χ4n) is 1.65. The number of H-pyrrole nitrogens is 1. The first kappa shape index (κ1) is 14.4. The second-order valence-electron chi connectivity index (χ2n) is 4.23. The van der Waals surface area contributed by atoms with E-state index in [9.17, 15) is 0 Å². The summed E-state index contributed by atoms with van der Waals surface area (Å²) in [5, 5.41) is 11.9. The van der Waals surface area contributed by atoms with Crippen molar-refractivity contribution in [3.8, 4) is 0 Å². The van der Waals surface area contributed by atoms with E-state index in [1.54, 1.807) is 11.8 Å². The van der Waals surface area contributed by atoms with E-state index < -0.39 is 0 Å². The molecule has 0 aliphatic rings. The highest BCUT2D eigenvalue weighted by molar-refractivity contribution is 7.99. The minimum atomic E-state index is 0.733. The van der Waals surface area contributed by atoms with Gasteiger partial charge in [0.25, 0.3) is 0 Å². The lowest BCUT2D eigenvalue weighted by Gasteiger charge is -2.09. The molecule has 0 spiro atoms. The maximum atomic E-state index is 6.06. The standard InChI is InChI=1S/C13H17ClN4S/c1-3-6-15-8-10-7-11(14)4-5-12(10)19-13-16-9(2)17-18-13/h4-5,7,15H,3,6,8H2,1-2H3,(H,16,17,18).